The van der Waals surface area contributed by atoms with Crippen molar-refractivity contribution in [3.63, 3.8) is 0 Å². The molecule has 3 aliphatic rings. The maximum absolute atomic E-state index is 13.8. The molecule has 0 aromatic carbocycles. The molecule has 0 saturated carbocycles. The molecule has 6 aromatic heterocycles. The second-order valence-corrected chi connectivity index (χ2v) is 24.2. The summed E-state index contributed by atoms with van der Waals surface area (Å²) in [6, 6.07) is 0. The monoisotopic (exact) mass is 1250 g/mol. The number of anilines is 3. The first-order valence-electron chi connectivity index (χ1n) is 23.4. The molecule has 0 aliphatic carbocycles. The minimum Gasteiger partial charge on any atom is -0.387 e. The largest absolute Gasteiger partial charge is 0.490 e. The van der Waals surface area contributed by atoms with Crippen molar-refractivity contribution >= 4 is 88.5 Å². The summed E-state index contributed by atoms with van der Waals surface area (Å²) in [6.45, 7) is -4.19. The van der Waals surface area contributed by atoms with Crippen LogP contribution in [0, 0.1) is 5.92 Å². The summed E-state index contributed by atoms with van der Waals surface area (Å²) < 4.78 is 116. The van der Waals surface area contributed by atoms with Crippen LogP contribution in [0.25, 0.3) is 33.5 Å². The minimum absolute atomic E-state index is 0.0124. The number of ether oxygens (including phenoxy) is 5. The summed E-state index contributed by atoms with van der Waals surface area (Å²) in [7, 11) is -21.2. The van der Waals surface area contributed by atoms with Crippen LogP contribution in [0.1, 0.15) is 25.1 Å². The van der Waals surface area contributed by atoms with Gasteiger partial charge >= 0.3 is 36.9 Å². The maximum Gasteiger partial charge on any atom is 0.490 e. The Labute approximate surface area is 454 Å². The third-order valence-corrected chi connectivity index (χ3v) is 17.9. The Hall–Kier alpha value is -5.88. The molecule has 9 heterocycles. The summed E-state index contributed by atoms with van der Waals surface area (Å²) in [6.07, 6.45) is -15.2. The number of methoxy groups -OCH3 is 1. The molecule has 18 N–H and O–H groups in total. The number of aromatic nitrogens is 12. The van der Waals surface area contributed by atoms with Crippen molar-refractivity contribution < 1.29 is 113 Å². The van der Waals surface area contributed by atoms with Gasteiger partial charge in [0.05, 0.1) is 45.6 Å². The number of amides is 1. The van der Waals surface area contributed by atoms with E-state index in [2.05, 4.69) is 48.5 Å². The number of nitrogens with one attached hydrogen (secondary N) is 3. The summed E-state index contributed by atoms with van der Waals surface area (Å²) in [5.74, 6) is -3.00. The van der Waals surface area contributed by atoms with Crippen LogP contribution in [0.4, 0.5) is 17.8 Å². The van der Waals surface area contributed by atoms with E-state index in [1.807, 2.05) is 0 Å². The number of primary amides is 1. The zero-order valence-electron chi connectivity index (χ0n) is 41.9. The quantitative estimate of drug-likeness (QED) is 0.0153. The van der Waals surface area contributed by atoms with Crippen molar-refractivity contribution in [2.75, 3.05) is 57.3 Å². The first-order valence-corrected chi connectivity index (χ1v) is 29.4. The van der Waals surface area contributed by atoms with Crippen LogP contribution in [0.5, 0.6) is 0 Å². The molecule has 3 fully saturated rings. The molecule has 3 aliphatic heterocycles. The number of aliphatic hydroxyl groups excluding tert-OH is 3. The number of phosphoric acid groups is 4. The van der Waals surface area contributed by atoms with Crippen LogP contribution in [0.15, 0.2) is 33.4 Å². The summed E-state index contributed by atoms with van der Waals surface area (Å²) in [4.78, 5) is 119. The average molecular weight is 1250 g/mol. The van der Waals surface area contributed by atoms with Gasteiger partial charge < -0.3 is 81.5 Å². The van der Waals surface area contributed by atoms with Crippen LogP contribution < -0.4 is 44.2 Å². The topological polar surface area (TPSA) is 614 Å². The normalized spacial score (nSPS) is 28.8. The number of imidazole rings is 3. The lowest BCUT2D eigenvalue weighted by molar-refractivity contribution is -0.646. The molecule has 9 rings (SSSR count). The number of rotatable bonds is 24. The highest BCUT2D eigenvalue weighted by molar-refractivity contribution is 7.66. The Bertz CT molecular complexity index is 3780. The van der Waals surface area contributed by atoms with E-state index in [-0.39, 0.29) is 58.4 Å². The highest BCUT2D eigenvalue weighted by Crippen LogP contribution is 2.68. The van der Waals surface area contributed by atoms with Gasteiger partial charge in [0.2, 0.25) is 36.3 Å². The molecule has 82 heavy (non-hydrogen) atoms. The standard InChI is InChI=1S/C36H50N16O26P4/c1-49-11-52(27-19(49)30(59)48-36(40)45-27)31-20(54)12(3-4-69-8-16(37)53)13(73-31)5-71-80(62,63)77-82(66,67)78-81(64,65)72-7-15-23(24(68-2)33(75-15)51-10-42-18-26(51)44-35(39)47-29(18)58)76-79(60,61)70-6-14-21(55)22(56)32(74-14)50-9-41-17-25(50)43-34(38)46-28(17)57/h9-15,20-24,31-33,54-56H,3-8H2,1-2H3,(H14-,37,38,39,40,43,44,45,46,47,48,53,57,58,59,60,61,62,63,64,65,66,67)/p+1/t12-,13-,14-,15-,20-,21-,22-,23-,24-,31?,32-,33-/m1/s1. The van der Waals surface area contributed by atoms with Crippen molar-refractivity contribution in [2.24, 2.45) is 18.7 Å². The van der Waals surface area contributed by atoms with E-state index in [0.717, 1.165) is 28.9 Å². The predicted octanol–water partition coefficient (Wildman–Crippen LogP) is -5.27. The van der Waals surface area contributed by atoms with E-state index in [1.54, 1.807) is 0 Å². The molecule has 16 atom stereocenters. The zero-order valence-corrected chi connectivity index (χ0v) is 45.5. The number of phosphoric ester groups is 3. The first kappa shape index (κ1) is 60.7. The van der Waals surface area contributed by atoms with Crippen LogP contribution >= 0.6 is 31.3 Å². The van der Waals surface area contributed by atoms with Gasteiger partial charge in [-0.3, -0.25) is 61.4 Å². The smallest absolute Gasteiger partial charge is 0.387 e. The van der Waals surface area contributed by atoms with E-state index in [0.29, 0.717) is 0 Å². The zero-order chi connectivity index (χ0) is 59.5. The van der Waals surface area contributed by atoms with Gasteiger partial charge in [0.15, 0.2) is 34.8 Å². The van der Waals surface area contributed by atoms with Crippen LogP contribution in [0.2, 0.25) is 0 Å². The molecule has 6 aromatic rings. The fourth-order valence-corrected chi connectivity index (χ4v) is 13.7. The number of aryl methyl sites for hydroxylation is 1. The SMILES string of the molecule is CO[C@@H]1[C@H](OP(=O)(O)OC[C@H]2O[C@@H](n3cnc4c(=O)[nH]c(N)nc43)[C@H](O)[C@@H]2O)[C@@H](COP(=O)(O)OP(=O)(O)OP(=O)(O)OC[C@H]2OC(n3c[n+](C)c4c(=O)[nH]c(N)nc43)[C@H](O)[C@@H]2CCOCC(N)=O)O[C@H]1n1cnc2c(=O)[nH]c(N)nc21. The van der Waals surface area contributed by atoms with Gasteiger partial charge in [0.1, 0.15) is 49.3 Å². The molecule has 0 spiro atoms. The summed E-state index contributed by atoms with van der Waals surface area (Å²) in [5, 5.41) is 33.3. The molecule has 450 valence electrons. The number of nitrogens with two attached hydrogens (primary N) is 4. The lowest BCUT2D eigenvalue weighted by Gasteiger charge is -2.26. The number of nitrogen functional groups attached to an aromatic ring is 3. The summed E-state index contributed by atoms with van der Waals surface area (Å²) in [5.41, 5.74) is 19.0. The maximum atomic E-state index is 13.8. The number of hydrogen-bond acceptors (Lipinski definition) is 30. The number of H-pyrrole nitrogens is 3. The Morgan fingerprint density at radius 2 is 1.15 bits per heavy atom. The molecule has 1 amide bonds. The van der Waals surface area contributed by atoms with Crippen molar-refractivity contribution in [3.05, 3.63) is 50.0 Å². The third-order valence-electron chi connectivity index (χ3n) is 12.6. The van der Waals surface area contributed by atoms with Crippen LogP contribution in [0.3, 0.4) is 0 Å². The molecule has 5 unspecified atom stereocenters. The highest BCUT2D eigenvalue weighted by atomic mass is 31.3. The predicted molar refractivity (Wildman–Crippen MR) is 264 cm³/mol. The lowest BCUT2D eigenvalue weighted by atomic mass is 9.95. The number of carbonyl (C=O) groups excluding carboxylic acids is 1. The lowest BCUT2D eigenvalue weighted by Crippen LogP contribution is -2.38. The van der Waals surface area contributed by atoms with E-state index in [1.165, 1.54) is 22.5 Å². The fourth-order valence-electron chi connectivity index (χ4n) is 9.20. The Kier molecular flexibility index (Phi) is 17.2. The Morgan fingerprint density at radius 1 is 0.659 bits per heavy atom. The Morgan fingerprint density at radius 3 is 1.72 bits per heavy atom. The van der Waals surface area contributed by atoms with Crippen LogP contribution in [-0.4, -0.2) is 183 Å². The van der Waals surface area contributed by atoms with Gasteiger partial charge in [-0.25, -0.2) is 32.8 Å². The van der Waals surface area contributed by atoms with Crippen LogP contribution in [-0.2, 0) is 80.5 Å². The first-order chi connectivity index (χ1) is 38.5. The van der Waals surface area contributed by atoms with Gasteiger partial charge in [-0.05, 0) is 6.42 Å². The van der Waals surface area contributed by atoms with Gasteiger partial charge in [-0.2, -0.15) is 28.1 Å². The molecule has 46 heteroatoms. The van der Waals surface area contributed by atoms with Crippen molar-refractivity contribution in [2.45, 2.75) is 73.9 Å². The fraction of sp³-hybridized carbons (Fsp3) is 0.556. The van der Waals surface area contributed by atoms with Gasteiger partial charge in [0, 0.05) is 19.6 Å². The Balaban J connectivity index is 0.882. The van der Waals surface area contributed by atoms with Crippen molar-refractivity contribution in [1.29, 1.82) is 0 Å². The van der Waals surface area contributed by atoms with Gasteiger partial charge in [-0.1, -0.05) is 0 Å². The van der Waals surface area contributed by atoms with Crippen molar-refractivity contribution in [1.82, 2.24) is 53.6 Å². The third kappa shape index (κ3) is 12.8. The second-order valence-electron chi connectivity index (χ2n) is 18.1. The number of aliphatic hydroxyl groups is 3. The highest BCUT2D eigenvalue weighted by Gasteiger charge is 2.54. The van der Waals surface area contributed by atoms with E-state index >= 15 is 0 Å². The second kappa shape index (κ2) is 23.3. The molecule has 0 radical (unpaired) electrons. The number of aromatic amines is 3. The van der Waals surface area contributed by atoms with E-state index in [4.69, 9.17) is 64.7 Å². The number of nitrogens with zero attached hydrogens (tertiary/aromatic N) is 9. The van der Waals surface area contributed by atoms with Gasteiger partial charge in [-0.15, -0.1) is 0 Å². The van der Waals surface area contributed by atoms with E-state index in [9.17, 15) is 72.3 Å². The molecular formula is C36H51N16O26P4+. The summed E-state index contributed by atoms with van der Waals surface area (Å²) >= 11 is 0. The molecular weight excluding hydrogens is 1200 g/mol. The van der Waals surface area contributed by atoms with Crippen molar-refractivity contribution in [3.8, 4) is 0 Å². The number of carbonyl (C=O) groups is 1. The number of hydrogen-bond donors (Lipinski definition) is 14. The minimum atomic E-state index is -6.27. The van der Waals surface area contributed by atoms with E-state index < -0.39 is 160 Å². The molecule has 3 saturated heterocycles. The van der Waals surface area contributed by atoms with Gasteiger partial charge in [0.25, 0.3) is 22.3 Å². The number of fused-ring (bicyclic) bond motifs is 3. The molecule has 0 bridgehead atoms. The molecule has 42 nitrogen and oxygen atoms in total. The average Bonchev–Trinajstić information content (AvgIpc) is 4.28.